The van der Waals surface area contributed by atoms with E-state index < -0.39 is 0 Å². The summed E-state index contributed by atoms with van der Waals surface area (Å²) < 4.78 is 0. The molecule has 0 bridgehead atoms. The molecule has 6 aromatic carbocycles. The van der Waals surface area contributed by atoms with E-state index in [-0.39, 0.29) is 64.6 Å². The van der Waals surface area contributed by atoms with Crippen molar-refractivity contribution in [3.8, 4) is 22.5 Å². The van der Waals surface area contributed by atoms with E-state index in [9.17, 15) is 0 Å². The summed E-state index contributed by atoms with van der Waals surface area (Å²) in [5, 5.41) is 39.3. The van der Waals surface area contributed by atoms with Gasteiger partial charge in [0.2, 0.25) is 0 Å². The van der Waals surface area contributed by atoms with Crippen LogP contribution in [-0.4, -0.2) is 78.7 Å². The third-order valence-corrected chi connectivity index (χ3v) is 21.5. The number of hydrogen-bond acceptors (Lipinski definition) is 10. The van der Waals surface area contributed by atoms with Crippen molar-refractivity contribution < 1.29 is 60.6 Å². The van der Waals surface area contributed by atoms with Crippen molar-refractivity contribution in [3.05, 3.63) is 231 Å². The van der Waals surface area contributed by atoms with Crippen LogP contribution < -0.4 is 9.80 Å². The number of nitrogens with zero attached hydrogens (tertiary/aromatic N) is 6. The summed E-state index contributed by atoms with van der Waals surface area (Å²) in [6.07, 6.45) is 28.5. The first-order chi connectivity index (χ1) is 47.6. The van der Waals surface area contributed by atoms with Crippen LogP contribution in [0.3, 0.4) is 0 Å². The molecule has 2 aromatic heterocycles. The van der Waals surface area contributed by atoms with Gasteiger partial charge in [-0.3, -0.25) is 0 Å². The Hall–Kier alpha value is -6.04. The zero-order valence-corrected chi connectivity index (χ0v) is 68.2. The maximum Gasteiger partial charge on any atom is 3.00 e. The normalized spacial score (nSPS) is 19.7. The molecule has 4 saturated carbocycles. The molecule has 12 heteroatoms. The second-order valence-corrected chi connectivity index (χ2v) is 32.6. The molecule has 6 aliphatic rings. The summed E-state index contributed by atoms with van der Waals surface area (Å²) in [5.41, 5.74) is 14.7. The SMILES string of the molecule is CC(O)CC(C)O.CC(O)CC(C)O.CC1(C)CC(C)(C)CC2(CCC(c3ccc4c(-c5[c-]cccc5)nccc4c3)CC2)C1.CC1(C)CCC2(CCC(c3ccc4c(-c5[c-]cccc5)nccc4c3)CC2)CC1.CC1=CN(c2[c-]cccc2)[CH-]N1C.CC1=CN(c2[c-]cccc2)[CH-]N1C.[Ir+3].[Ir+3]. The summed E-state index contributed by atoms with van der Waals surface area (Å²) in [5.74, 6) is 1.42. The first-order valence-electron chi connectivity index (χ1n) is 37.0. The van der Waals surface area contributed by atoms with E-state index in [0.29, 0.717) is 45.8 Å². The minimum absolute atomic E-state index is 0. The van der Waals surface area contributed by atoms with Crippen molar-refractivity contribution in [1.82, 2.24) is 19.8 Å². The largest absolute Gasteiger partial charge is 3.00 e. The van der Waals surface area contributed by atoms with E-state index in [1.54, 1.807) is 27.7 Å². The van der Waals surface area contributed by atoms with Gasteiger partial charge in [0.15, 0.2) is 0 Å². The number of aliphatic hydroxyl groups is 4. The zero-order valence-electron chi connectivity index (χ0n) is 63.4. The average Bonchev–Trinajstić information content (AvgIpc) is 1.02. The smallest absolute Gasteiger partial charge is 0.508 e. The van der Waals surface area contributed by atoms with Gasteiger partial charge in [0.05, 0.1) is 24.4 Å². The molecule has 4 aliphatic carbocycles. The Bertz CT molecular complexity index is 3760. The molecule has 0 saturated heterocycles. The topological polar surface area (TPSA) is 120 Å². The Morgan fingerprint density at radius 3 is 1.12 bits per heavy atom. The van der Waals surface area contributed by atoms with Crippen molar-refractivity contribution in [1.29, 1.82) is 0 Å². The van der Waals surface area contributed by atoms with Crippen molar-refractivity contribution in [2.24, 2.45) is 27.1 Å². The standard InChI is InChI=1S/C30H36N.C28H32N.2C11H12N2.2C5H12O2.2Ir/c1-28(2)19-29(3,4)21-30(20-28)15-12-22(13-16-30)24-10-11-26-25(18-24)14-17-31-27(26)23-8-6-5-7-9-23;1-27(2)15-17-28(18-16-27)13-10-21(11-14-28)23-8-9-25-24(20-23)12-19-29-26(25)22-6-4-3-5-7-22;2*1-10-8-13(9-12(10)2)11-6-4-3-5-7-11;2*1-4(6)3-5(2)7;;/h5-8,10-11,14,17-18,22H,12-13,15-16,19-21H2,1-4H3;3-6,8-9,12,19-21H,10-11,13-18H2,1-2H3;2*3-6,8-9H,1-2H3;2*4-7H,3H2,1-2H3;;/q2*-1;2*-2;;;2*+3. The molecular formula is C90H116Ir2N6O4. The summed E-state index contributed by atoms with van der Waals surface area (Å²) in [7, 11) is 4.07. The fourth-order valence-electron chi connectivity index (χ4n) is 16.9. The van der Waals surface area contributed by atoms with E-state index in [0.717, 1.165) is 39.8 Å². The van der Waals surface area contributed by atoms with Crippen LogP contribution in [0.15, 0.2) is 182 Å². The monoisotopic (exact) mass is 1730 g/mol. The van der Waals surface area contributed by atoms with Gasteiger partial charge in [0, 0.05) is 12.4 Å². The van der Waals surface area contributed by atoms with Gasteiger partial charge >= 0.3 is 40.2 Å². The molecule has 4 fully saturated rings. The number of aliphatic hydroxyl groups excluding tert-OH is 4. The second kappa shape index (κ2) is 37.8. The number of hydrogen-bond donors (Lipinski definition) is 4. The molecule has 102 heavy (non-hydrogen) atoms. The van der Waals surface area contributed by atoms with Gasteiger partial charge in [0.25, 0.3) is 0 Å². The number of benzene rings is 6. The molecule has 14 rings (SSSR count). The van der Waals surface area contributed by atoms with Crippen molar-refractivity contribution in [2.75, 3.05) is 23.9 Å². The molecule has 4 heterocycles. The van der Waals surface area contributed by atoms with Crippen LogP contribution in [-0.2, 0) is 40.2 Å². The predicted molar refractivity (Wildman–Crippen MR) is 416 cm³/mol. The number of allylic oxidation sites excluding steroid dienone is 2. The number of anilines is 2. The van der Waals surface area contributed by atoms with Gasteiger partial charge in [0.1, 0.15) is 0 Å². The molecule has 10 nitrogen and oxygen atoms in total. The Balaban J connectivity index is 0.000000187. The molecule has 4 atom stereocenters. The van der Waals surface area contributed by atoms with E-state index in [4.69, 9.17) is 20.4 Å². The van der Waals surface area contributed by atoms with Crippen molar-refractivity contribution in [3.63, 3.8) is 0 Å². The van der Waals surface area contributed by atoms with Gasteiger partial charge in [-0.25, -0.2) is 0 Å². The Kier molecular flexibility index (Phi) is 30.8. The fraction of sp³-hybridized carbons (Fsp3) is 0.467. The number of fused-ring (bicyclic) bond motifs is 2. The van der Waals surface area contributed by atoms with Gasteiger partial charge in [-0.2, -0.15) is 74.0 Å². The first kappa shape index (κ1) is 83.2. The van der Waals surface area contributed by atoms with E-state index in [1.165, 1.54) is 140 Å². The van der Waals surface area contributed by atoms with Crippen LogP contribution in [0.5, 0.6) is 0 Å². The molecule has 2 spiro atoms. The van der Waals surface area contributed by atoms with E-state index in [2.05, 4.69) is 194 Å². The van der Waals surface area contributed by atoms with Gasteiger partial charge in [-0.05, 0) is 284 Å². The molecule has 4 unspecified atom stereocenters. The van der Waals surface area contributed by atoms with Crippen molar-refractivity contribution in [2.45, 2.75) is 228 Å². The molecule has 4 N–H and O–H groups in total. The summed E-state index contributed by atoms with van der Waals surface area (Å²) >= 11 is 0. The van der Waals surface area contributed by atoms with E-state index in [1.807, 2.05) is 113 Å². The third kappa shape index (κ3) is 24.0. The summed E-state index contributed by atoms with van der Waals surface area (Å²) in [4.78, 5) is 17.6. The molecular weight excluding hydrogens is 1610 g/mol. The van der Waals surface area contributed by atoms with Crippen LogP contribution in [0.4, 0.5) is 11.4 Å². The minimum atomic E-state index is -0.375. The molecule has 548 valence electrons. The third-order valence-electron chi connectivity index (χ3n) is 21.5. The summed E-state index contributed by atoms with van der Waals surface area (Å²) in [6.45, 7) is 29.8. The molecule has 2 aliphatic heterocycles. The molecule has 8 aromatic rings. The number of pyridine rings is 2. The predicted octanol–water partition coefficient (Wildman–Crippen LogP) is 21.2. The van der Waals surface area contributed by atoms with Gasteiger partial charge in [-0.1, -0.05) is 77.9 Å². The number of rotatable bonds is 10. The number of aromatic nitrogens is 2. The van der Waals surface area contributed by atoms with Crippen LogP contribution in [0.1, 0.15) is 215 Å². The first-order valence-corrected chi connectivity index (χ1v) is 37.0. The Morgan fingerprint density at radius 1 is 0.441 bits per heavy atom. The Labute approximate surface area is 641 Å². The van der Waals surface area contributed by atoms with Crippen LogP contribution in [0.25, 0.3) is 44.1 Å². The summed E-state index contributed by atoms with van der Waals surface area (Å²) in [6, 6.07) is 63.7. The van der Waals surface area contributed by atoms with Crippen molar-refractivity contribution >= 4 is 32.9 Å². The average molecular weight is 1730 g/mol. The maximum absolute atomic E-state index is 8.56. The number of para-hydroxylation sites is 2. The van der Waals surface area contributed by atoms with Gasteiger partial charge < -0.3 is 50.0 Å². The second-order valence-electron chi connectivity index (χ2n) is 32.6. The molecule has 0 amide bonds. The Morgan fingerprint density at radius 2 is 0.804 bits per heavy atom. The quantitative estimate of drug-likeness (QED) is 0.0986. The van der Waals surface area contributed by atoms with Crippen LogP contribution >= 0.6 is 0 Å². The van der Waals surface area contributed by atoms with E-state index >= 15 is 0 Å². The molecule has 0 radical (unpaired) electrons. The maximum atomic E-state index is 8.56. The van der Waals surface area contributed by atoms with Crippen LogP contribution in [0.2, 0.25) is 0 Å². The minimum Gasteiger partial charge on any atom is -0.508 e. The van der Waals surface area contributed by atoms with Crippen LogP contribution in [0, 0.1) is 64.7 Å². The van der Waals surface area contributed by atoms with Gasteiger partial charge in [-0.15, -0.1) is 83.2 Å². The zero-order chi connectivity index (χ0) is 71.8. The fourth-order valence-corrected chi connectivity index (χ4v) is 16.9.